The fourth-order valence-electron chi connectivity index (χ4n) is 5.56. The zero-order valence-corrected chi connectivity index (χ0v) is 27.4. The maximum Gasteiger partial charge on any atom is 0.264 e. The Hall–Kier alpha value is -4.25. The first kappa shape index (κ1) is 33.6. The molecule has 45 heavy (non-hydrogen) atoms. The second-order valence-electron chi connectivity index (χ2n) is 11.1. The summed E-state index contributed by atoms with van der Waals surface area (Å²) in [6.07, 6.45) is 4.26. The Morgan fingerprint density at radius 1 is 0.889 bits per heavy atom. The topological polar surface area (TPSA) is 114 Å². The number of anilines is 1. The van der Waals surface area contributed by atoms with Gasteiger partial charge in [0.2, 0.25) is 11.8 Å². The second-order valence-corrected chi connectivity index (χ2v) is 13.0. The van der Waals surface area contributed by atoms with Crippen LogP contribution in [0, 0.1) is 6.92 Å². The molecule has 0 saturated heterocycles. The van der Waals surface area contributed by atoms with E-state index in [1.165, 1.54) is 37.3 Å². The summed E-state index contributed by atoms with van der Waals surface area (Å²) < 4.78 is 45.5. The van der Waals surface area contributed by atoms with E-state index in [2.05, 4.69) is 5.32 Å². The van der Waals surface area contributed by atoms with Crippen LogP contribution in [-0.2, 0) is 26.2 Å². The fraction of sp³-hybridized carbons (Fsp3) is 0.412. The van der Waals surface area contributed by atoms with Crippen molar-refractivity contribution < 1.29 is 32.2 Å². The number of hydrogen-bond acceptors (Lipinski definition) is 7. The van der Waals surface area contributed by atoms with Crippen molar-refractivity contribution in [2.75, 3.05) is 32.2 Å². The number of aryl methyl sites for hydroxylation is 1. The van der Waals surface area contributed by atoms with Crippen molar-refractivity contribution in [2.45, 2.75) is 69.5 Å². The van der Waals surface area contributed by atoms with Crippen molar-refractivity contribution in [3.8, 4) is 17.2 Å². The van der Waals surface area contributed by atoms with E-state index in [1.54, 1.807) is 43.5 Å². The first-order valence-electron chi connectivity index (χ1n) is 15.2. The zero-order valence-electron chi connectivity index (χ0n) is 26.6. The molecule has 0 radical (unpaired) electrons. The van der Waals surface area contributed by atoms with Gasteiger partial charge < -0.3 is 24.4 Å². The number of methoxy groups -OCH3 is 3. The number of nitrogens with one attached hydrogen (secondary N) is 1. The summed E-state index contributed by atoms with van der Waals surface area (Å²) in [5.74, 6) is 0.526. The fourth-order valence-corrected chi connectivity index (χ4v) is 6.99. The average Bonchev–Trinajstić information content (AvgIpc) is 3.56. The van der Waals surface area contributed by atoms with Gasteiger partial charge in [-0.15, -0.1) is 0 Å². The Morgan fingerprint density at radius 2 is 1.53 bits per heavy atom. The molecule has 11 heteroatoms. The van der Waals surface area contributed by atoms with Crippen LogP contribution in [0.25, 0.3) is 0 Å². The molecule has 0 bridgehead atoms. The quantitative estimate of drug-likeness (QED) is 0.262. The highest BCUT2D eigenvalue weighted by molar-refractivity contribution is 7.92. The Bertz CT molecular complexity index is 1550. The monoisotopic (exact) mass is 637 g/mol. The van der Waals surface area contributed by atoms with Gasteiger partial charge in [0.1, 0.15) is 18.3 Å². The van der Waals surface area contributed by atoms with Crippen LogP contribution < -0.4 is 23.8 Å². The molecular formula is C34H43N3O7S. The van der Waals surface area contributed by atoms with Gasteiger partial charge in [0.15, 0.2) is 11.5 Å². The molecule has 0 unspecified atom stereocenters. The molecule has 0 spiro atoms. The predicted molar refractivity (Wildman–Crippen MR) is 173 cm³/mol. The van der Waals surface area contributed by atoms with Gasteiger partial charge in [-0.25, -0.2) is 8.42 Å². The molecule has 10 nitrogen and oxygen atoms in total. The maximum absolute atomic E-state index is 14.3. The van der Waals surface area contributed by atoms with E-state index in [0.29, 0.717) is 23.6 Å². The largest absolute Gasteiger partial charge is 0.497 e. The van der Waals surface area contributed by atoms with Crippen molar-refractivity contribution in [2.24, 2.45) is 0 Å². The first-order valence-corrected chi connectivity index (χ1v) is 16.6. The van der Waals surface area contributed by atoms with Gasteiger partial charge in [-0.2, -0.15) is 0 Å². The molecular weight excluding hydrogens is 594 g/mol. The lowest BCUT2D eigenvalue weighted by atomic mass is 10.1. The van der Waals surface area contributed by atoms with E-state index < -0.39 is 28.5 Å². The van der Waals surface area contributed by atoms with Crippen molar-refractivity contribution in [1.82, 2.24) is 10.2 Å². The predicted octanol–water partition coefficient (Wildman–Crippen LogP) is 5.08. The number of amides is 2. The number of benzene rings is 3. The molecule has 1 fully saturated rings. The number of carbonyl (C=O) groups is 2. The minimum Gasteiger partial charge on any atom is -0.497 e. The normalized spacial score (nSPS) is 14.0. The Morgan fingerprint density at radius 3 is 2.11 bits per heavy atom. The number of nitrogens with zero attached hydrogens (tertiary/aromatic N) is 2. The van der Waals surface area contributed by atoms with Crippen LogP contribution in [-0.4, -0.2) is 65.1 Å². The number of rotatable bonds is 14. The van der Waals surface area contributed by atoms with E-state index in [9.17, 15) is 18.0 Å². The number of carbonyl (C=O) groups excluding carboxylic acids is 2. The highest BCUT2D eigenvalue weighted by Crippen LogP contribution is 2.32. The molecule has 0 aliphatic heterocycles. The molecule has 4 rings (SSSR count). The lowest BCUT2D eigenvalue weighted by Gasteiger charge is -2.34. The summed E-state index contributed by atoms with van der Waals surface area (Å²) in [6.45, 7) is 3.33. The zero-order chi connectivity index (χ0) is 32.6. The third-order valence-corrected chi connectivity index (χ3v) is 9.91. The van der Waals surface area contributed by atoms with E-state index >= 15 is 0 Å². The van der Waals surface area contributed by atoms with Crippen LogP contribution in [0.2, 0.25) is 0 Å². The van der Waals surface area contributed by atoms with E-state index in [1.807, 2.05) is 26.0 Å². The molecule has 1 N–H and O–H groups in total. The van der Waals surface area contributed by atoms with Gasteiger partial charge in [0, 0.05) is 18.7 Å². The lowest BCUT2D eigenvalue weighted by Crippen LogP contribution is -2.53. The standard InChI is InChI=1S/C34H43N3O7S/c1-6-30(34(39)35-26-9-7-8-10-26)36(22-25-13-17-28(42-3)18-14-25)33(38)23-37(27-15-11-24(2)12-16-27)45(40,41)29-19-20-31(43-4)32(21-29)44-5/h11-21,26,30H,6-10,22-23H2,1-5H3,(H,35,39)/t30-/m0/s1. The molecule has 242 valence electrons. The second kappa shape index (κ2) is 15.2. The number of sulfonamides is 1. The lowest BCUT2D eigenvalue weighted by molar-refractivity contribution is -0.140. The Labute approximate surface area is 266 Å². The van der Waals surface area contributed by atoms with Crippen molar-refractivity contribution in [1.29, 1.82) is 0 Å². The molecule has 0 heterocycles. The third-order valence-electron chi connectivity index (χ3n) is 8.14. The molecule has 1 saturated carbocycles. The van der Waals surface area contributed by atoms with E-state index in [0.717, 1.165) is 41.1 Å². The summed E-state index contributed by atoms with van der Waals surface area (Å²) in [4.78, 5) is 29.4. The summed E-state index contributed by atoms with van der Waals surface area (Å²) in [7, 11) is 0.191. The minimum atomic E-state index is -4.27. The number of ether oxygens (including phenoxy) is 3. The van der Waals surface area contributed by atoms with Crippen molar-refractivity contribution in [3.05, 3.63) is 77.9 Å². The van der Waals surface area contributed by atoms with Crippen LogP contribution in [0.5, 0.6) is 17.2 Å². The smallest absolute Gasteiger partial charge is 0.264 e. The van der Waals surface area contributed by atoms with Gasteiger partial charge in [-0.1, -0.05) is 49.6 Å². The highest BCUT2D eigenvalue weighted by Gasteiger charge is 2.35. The summed E-state index contributed by atoms with van der Waals surface area (Å²) in [5, 5.41) is 3.13. The maximum atomic E-state index is 14.3. The Balaban J connectivity index is 1.73. The van der Waals surface area contributed by atoms with Crippen molar-refractivity contribution >= 4 is 27.5 Å². The highest BCUT2D eigenvalue weighted by atomic mass is 32.2. The average molecular weight is 638 g/mol. The molecule has 1 aliphatic carbocycles. The van der Waals surface area contributed by atoms with Crippen LogP contribution in [0.1, 0.15) is 50.2 Å². The van der Waals surface area contributed by atoms with Crippen LogP contribution in [0.15, 0.2) is 71.6 Å². The summed E-state index contributed by atoms with van der Waals surface area (Å²) in [6, 6.07) is 17.7. The van der Waals surface area contributed by atoms with Crippen molar-refractivity contribution in [3.63, 3.8) is 0 Å². The summed E-state index contributed by atoms with van der Waals surface area (Å²) in [5.41, 5.74) is 2.03. The molecule has 3 aromatic carbocycles. The van der Waals surface area contributed by atoms with E-state index in [4.69, 9.17) is 14.2 Å². The molecule has 0 aromatic heterocycles. The third kappa shape index (κ3) is 8.08. The van der Waals surface area contributed by atoms with Gasteiger partial charge in [0.05, 0.1) is 31.9 Å². The van der Waals surface area contributed by atoms with Crippen LogP contribution >= 0.6 is 0 Å². The Kier molecular flexibility index (Phi) is 11.3. The first-order chi connectivity index (χ1) is 21.6. The molecule has 1 aliphatic rings. The SMILES string of the molecule is CC[C@@H](C(=O)NC1CCCC1)N(Cc1ccc(OC)cc1)C(=O)CN(c1ccc(C)cc1)S(=O)(=O)c1ccc(OC)c(OC)c1. The molecule has 2 amide bonds. The van der Waals surface area contributed by atoms with Crippen LogP contribution in [0.4, 0.5) is 5.69 Å². The van der Waals surface area contributed by atoms with Gasteiger partial charge in [-0.3, -0.25) is 13.9 Å². The van der Waals surface area contributed by atoms with E-state index in [-0.39, 0.29) is 29.1 Å². The van der Waals surface area contributed by atoms with Gasteiger partial charge >= 0.3 is 0 Å². The summed E-state index contributed by atoms with van der Waals surface area (Å²) >= 11 is 0. The minimum absolute atomic E-state index is 0.0683. The van der Waals surface area contributed by atoms with Crippen LogP contribution in [0.3, 0.4) is 0 Å². The molecule has 1 atom stereocenters. The van der Waals surface area contributed by atoms with Gasteiger partial charge in [-0.05, 0) is 68.1 Å². The molecule has 3 aromatic rings. The van der Waals surface area contributed by atoms with Gasteiger partial charge in [0.25, 0.3) is 10.0 Å². The number of hydrogen-bond donors (Lipinski definition) is 1.